The normalized spacial score (nSPS) is 17.1. The van der Waals surface area contributed by atoms with Crippen molar-refractivity contribution in [3.8, 4) is 5.69 Å². The van der Waals surface area contributed by atoms with Crippen LogP contribution in [0, 0.1) is 12.7 Å². The zero-order valence-electron chi connectivity index (χ0n) is 19.4. The second-order valence-electron chi connectivity index (χ2n) is 8.84. The number of nitrogens with zero attached hydrogens (tertiary/aromatic N) is 6. The topological polar surface area (TPSA) is 76.3 Å². The summed E-state index contributed by atoms with van der Waals surface area (Å²) < 4.78 is 44.3. The fourth-order valence-corrected chi connectivity index (χ4v) is 6.02. The molecule has 3 heterocycles. The Morgan fingerprint density at radius 1 is 1.12 bits per heavy atom. The molecule has 1 saturated heterocycles. The van der Waals surface area contributed by atoms with Crippen molar-refractivity contribution in [2.45, 2.75) is 30.7 Å². The van der Waals surface area contributed by atoms with Crippen molar-refractivity contribution in [3.63, 3.8) is 0 Å². The van der Waals surface area contributed by atoms with Gasteiger partial charge in [-0.05, 0) is 61.7 Å². The molecule has 1 aliphatic heterocycles. The van der Waals surface area contributed by atoms with Crippen molar-refractivity contribution < 1.29 is 12.8 Å². The highest BCUT2D eigenvalue weighted by Crippen LogP contribution is 2.31. The van der Waals surface area contributed by atoms with E-state index in [0.29, 0.717) is 6.54 Å². The molecule has 2 aromatic heterocycles. The Kier molecular flexibility index (Phi) is 5.65. The Morgan fingerprint density at radius 2 is 1.88 bits per heavy atom. The minimum Gasteiger partial charge on any atom is -0.370 e. The molecule has 0 spiro atoms. The number of aromatic nitrogens is 4. The van der Waals surface area contributed by atoms with Gasteiger partial charge in [0.25, 0.3) is 0 Å². The highest BCUT2D eigenvalue weighted by molar-refractivity contribution is 7.89. The van der Waals surface area contributed by atoms with Gasteiger partial charge in [0.15, 0.2) is 0 Å². The number of hydrogen-bond donors (Lipinski definition) is 0. The number of fused-ring (bicyclic) bond motifs is 1. The lowest BCUT2D eigenvalue weighted by Crippen LogP contribution is -2.48. The van der Waals surface area contributed by atoms with Crippen LogP contribution in [0.4, 0.5) is 10.1 Å². The predicted molar refractivity (Wildman–Crippen MR) is 129 cm³/mol. The molecule has 10 heteroatoms. The van der Waals surface area contributed by atoms with Crippen LogP contribution in [0.3, 0.4) is 0 Å². The Balaban J connectivity index is 1.42. The molecule has 0 aliphatic carbocycles. The van der Waals surface area contributed by atoms with Crippen LogP contribution in [0.1, 0.15) is 18.4 Å². The summed E-state index contributed by atoms with van der Waals surface area (Å²) in [7, 11) is -0.256. The number of benzene rings is 2. The lowest BCUT2D eigenvalue weighted by atomic mass is 10.0. The fraction of sp³-hybridized carbons (Fsp3) is 0.333. The standard InChI is InChI=1S/C24H27FN6O2S/c1-17-11-24-18(13-27-31(24)20-8-6-19(25)7-9-20)12-23(17)30-10-4-5-21(15-30)29(3)34(32,33)22-14-26-28(2)16-22/h6-9,11-14,16,21H,4-5,10,15H2,1-3H3/t21-/m0/s1. The van der Waals surface area contributed by atoms with Crippen LogP contribution in [-0.4, -0.2) is 58.5 Å². The van der Waals surface area contributed by atoms with Gasteiger partial charge in [-0.2, -0.15) is 14.5 Å². The molecule has 0 radical (unpaired) electrons. The quantitative estimate of drug-likeness (QED) is 0.435. The molecular formula is C24H27FN6O2S. The van der Waals surface area contributed by atoms with Gasteiger partial charge in [0.05, 0.1) is 23.6 Å². The van der Waals surface area contributed by atoms with Crippen molar-refractivity contribution in [1.29, 1.82) is 0 Å². The van der Waals surface area contributed by atoms with E-state index < -0.39 is 10.0 Å². The summed E-state index contributed by atoms with van der Waals surface area (Å²) in [4.78, 5) is 2.47. The second-order valence-corrected chi connectivity index (χ2v) is 10.8. The van der Waals surface area contributed by atoms with Crippen LogP contribution >= 0.6 is 0 Å². The molecule has 2 aromatic carbocycles. The number of likely N-dealkylation sites (N-methyl/N-ethyl adjacent to an activating group) is 1. The molecule has 0 bridgehead atoms. The lowest BCUT2D eigenvalue weighted by molar-refractivity contribution is 0.320. The zero-order chi connectivity index (χ0) is 24.0. The van der Waals surface area contributed by atoms with Crippen molar-refractivity contribution in [3.05, 3.63) is 66.4 Å². The number of piperidine rings is 1. The minimum absolute atomic E-state index is 0.143. The van der Waals surface area contributed by atoms with E-state index in [1.165, 1.54) is 33.5 Å². The first-order valence-corrected chi connectivity index (χ1v) is 12.6. The summed E-state index contributed by atoms with van der Waals surface area (Å²) in [6.45, 7) is 3.51. The van der Waals surface area contributed by atoms with Crippen LogP contribution in [0.5, 0.6) is 0 Å². The van der Waals surface area contributed by atoms with Crippen LogP contribution in [0.25, 0.3) is 16.6 Å². The first-order valence-electron chi connectivity index (χ1n) is 11.2. The largest absolute Gasteiger partial charge is 0.370 e. The van der Waals surface area contributed by atoms with E-state index >= 15 is 0 Å². The van der Waals surface area contributed by atoms with Gasteiger partial charge in [-0.1, -0.05) is 0 Å². The first kappa shape index (κ1) is 22.5. The molecular weight excluding hydrogens is 455 g/mol. The zero-order valence-corrected chi connectivity index (χ0v) is 20.2. The molecule has 0 amide bonds. The van der Waals surface area contributed by atoms with Crippen molar-refractivity contribution >= 4 is 26.6 Å². The molecule has 178 valence electrons. The monoisotopic (exact) mass is 482 g/mol. The van der Waals surface area contributed by atoms with Gasteiger partial charge in [-0.15, -0.1) is 0 Å². The molecule has 1 aliphatic rings. The summed E-state index contributed by atoms with van der Waals surface area (Å²) in [6, 6.07) is 10.3. The summed E-state index contributed by atoms with van der Waals surface area (Å²) in [5.41, 5.74) is 3.89. The predicted octanol–water partition coefficient (Wildman–Crippen LogP) is 3.50. The minimum atomic E-state index is -3.62. The molecule has 0 N–H and O–H groups in total. The fourth-order valence-electron chi connectivity index (χ4n) is 4.66. The third-order valence-corrected chi connectivity index (χ3v) is 8.43. The third kappa shape index (κ3) is 3.97. The molecule has 34 heavy (non-hydrogen) atoms. The number of sulfonamides is 1. The van der Waals surface area contributed by atoms with Gasteiger partial charge in [-0.25, -0.2) is 17.5 Å². The highest BCUT2D eigenvalue weighted by Gasteiger charge is 2.32. The number of rotatable bonds is 5. The molecule has 0 unspecified atom stereocenters. The SMILES string of the molecule is Cc1cc2c(cnn2-c2ccc(F)cc2)cc1N1CCC[C@H](N(C)S(=O)(=O)c2cnn(C)c2)C1. The van der Waals surface area contributed by atoms with Crippen LogP contribution in [0.2, 0.25) is 0 Å². The van der Waals surface area contributed by atoms with E-state index in [1.54, 1.807) is 30.9 Å². The number of aryl methyl sites for hydroxylation is 2. The van der Waals surface area contributed by atoms with Crippen molar-refractivity contribution in [2.75, 3.05) is 25.0 Å². The van der Waals surface area contributed by atoms with Gasteiger partial charge >= 0.3 is 0 Å². The Bertz CT molecular complexity index is 1440. The number of hydrogen-bond acceptors (Lipinski definition) is 5. The van der Waals surface area contributed by atoms with E-state index in [-0.39, 0.29) is 16.8 Å². The van der Waals surface area contributed by atoms with Crippen LogP contribution < -0.4 is 4.90 Å². The number of halogens is 1. The second kappa shape index (κ2) is 8.52. The molecule has 4 aromatic rings. The molecule has 1 fully saturated rings. The van der Waals surface area contributed by atoms with Crippen LogP contribution in [0.15, 0.2) is 59.9 Å². The molecule has 0 saturated carbocycles. The van der Waals surface area contributed by atoms with Gasteiger partial charge in [0.1, 0.15) is 10.7 Å². The van der Waals surface area contributed by atoms with Gasteiger partial charge in [0.2, 0.25) is 10.0 Å². The Labute approximate surface area is 198 Å². The van der Waals surface area contributed by atoms with Crippen molar-refractivity contribution in [1.82, 2.24) is 23.9 Å². The number of anilines is 1. The summed E-state index contributed by atoms with van der Waals surface area (Å²) >= 11 is 0. The van der Waals surface area contributed by atoms with E-state index in [1.807, 2.05) is 6.20 Å². The van der Waals surface area contributed by atoms with E-state index in [2.05, 4.69) is 34.2 Å². The first-order chi connectivity index (χ1) is 16.2. The van der Waals surface area contributed by atoms with Gasteiger partial charge in [-0.3, -0.25) is 4.68 Å². The molecule has 1 atom stereocenters. The van der Waals surface area contributed by atoms with Crippen LogP contribution in [-0.2, 0) is 17.1 Å². The Hall–Kier alpha value is -3.24. The Morgan fingerprint density at radius 3 is 2.59 bits per heavy atom. The van der Waals surface area contributed by atoms with E-state index in [4.69, 9.17) is 0 Å². The van der Waals surface area contributed by atoms with Gasteiger partial charge < -0.3 is 4.90 Å². The highest BCUT2D eigenvalue weighted by atomic mass is 32.2. The summed E-state index contributed by atoms with van der Waals surface area (Å²) in [6.07, 6.45) is 6.43. The van der Waals surface area contributed by atoms with E-state index in [9.17, 15) is 12.8 Å². The van der Waals surface area contributed by atoms with Gasteiger partial charge in [0, 0.05) is 50.5 Å². The summed E-state index contributed by atoms with van der Waals surface area (Å²) in [5.74, 6) is -0.283. The molecule has 5 rings (SSSR count). The average molecular weight is 483 g/mol. The molecule has 8 nitrogen and oxygen atoms in total. The maximum Gasteiger partial charge on any atom is 0.246 e. The maximum absolute atomic E-state index is 13.3. The average Bonchev–Trinajstić information content (AvgIpc) is 3.45. The third-order valence-electron chi connectivity index (χ3n) is 6.57. The van der Waals surface area contributed by atoms with Crippen molar-refractivity contribution in [2.24, 2.45) is 7.05 Å². The lowest BCUT2D eigenvalue weighted by Gasteiger charge is -2.38. The summed E-state index contributed by atoms with van der Waals surface area (Å²) in [5, 5.41) is 9.50. The smallest absolute Gasteiger partial charge is 0.246 e. The maximum atomic E-state index is 13.3. The van der Waals surface area contributed by atoms with E-state index in [0.717, 1.165) is 47.2 Å².